The first-order valence-corrected chi connectivity index (χ1v) is 10.4. The first-order chi connectivity index (χ1) is 13.7. The molecule has 4 rings (SSSR count). The molecule has 180 valence electrons. The van der Waals surface area contributed by atoms with Gasteiger partial charge in [-0.05, 0) is 69.7 Å². The summed E-state index contributed by atoms with van der Waals surface area (Å²) in [7, 11) is 0. The maximum Gasteiger partial charge on any atom is 0.339 e. The summed E-state index contributed by atoms with van der Waals surface area (Å²) in [5.41, 5.74) is 16.5. The van der Waals surface area contributed by atoms with Crippen LogP contribution in [0.1, 0.15) is 68.7 Å². The summed E-state index contributed by atoms with van der Waals surface area (Å²) >= 11 is 6.33. The lowest BCUT2D eigenvalue weighted by Crippen LogP contribution is -2.26. The van der Waals surface area contributed by atoms with Gasteiger partial charge < -0.3 is 27.6 Å². The lowest BCUT2D eigenvalue weighted by Gasteiger charge is -2.05. The number of nitrogen functional groups attached to an aromatic ring is 2. The van der Waals surface area contributed by atoms with Crippen molar-refractivity contribution in [1.82, 2.24) is 15.3 Å². The minimum Gasteiger partial charge on any atom is -0.478 e. The van der Waals surface area contributed by atoms with Crippen molar-refractivity contribution in [3.63, 3.8) is 0 Å². The van der Waals surface area contributed by atoms with Gasteiger partial charge in [-0.2, -0.15) is 0 Å². The second kappa shape index (κ2) is 14.8. The maximum atomic E-state index is 11.6. The van der Waals surface area contributed by atoms with Gasteiger partial charge in [-0.3, -0.25) is 4.79 Å². The normalized spacial score (nSPS) is 13.2. The van der Waals surface area contributed by atoms with Gasteiger partial charge in [0.15, 0.2) is 0 Å². The summed E-state index contributed by atoms with van der Waals surface area (Å²) < 4.78 is 1.36. The zero-order chi connectivity index (χ0) is 21.6. The number of nitrogens with one attached hydrogen (secondary N) is 1. The van der Waals surface area contributed by atoms with E-state index in [4.69, 9.17) is 22.3 Å². The molecule has 9 nitrogen and oxygen atoms in total. The Hall–Kier alpha value is -2.24. The Balaban J connectivity index is 0. The van der Waals surface area contributed by atoms with Gasteiger partial charge in [0.25, 0.3) is 5.91 Å². The molecule has 2 aliphatic rings. The molecule has 2 saturated carbocycles. The molecule has 0 spiro atoms. The van der Waals surface area contributed by atoms with Crippen LogP contribution in [0.15, 0.2) is 33.5 Å². The number of rotatable bonds is 3. The first-order valence-electron chi connectivity index (χ1n) is 8.79. The van der Waals surface area contributed by atoms with E-state index in [1.807, 2.05) is 0 Å². The third kappa shape index (κ3) is 11.4. The summed E-state index contributed by atoms with van der Waals surface area (Å²) in [6.07, 6.45) is 7.67. The Morgan fingerprint density at radius 3 is 1.66 bits per heavy atom. The van der Waals surface area contributed by atoms with Gasteiger partial charge in [0.2, 0.25) is 0 Å². The van der Waals surface area contributed by atoms with Crippen LogP contribution in [0.5, 0.6) is 0 Å². The molecule has 2 fully saturated rings. The topological polar surface area (TPSA) is 170 Å². The molecule has 0 aromatic carbocycles. The van der Waals surface area contributed by atoms with Gasteiger partial charge in [0, 0.05) is 33.4 Å². The second-order valence-corrected chi connectivity index (χ2v) is 8.39. The molecule has 32 heavy (non-hydrogen) atoms. The molecule has 0 aliphatic heterocycles. The van der Waals surface area contributed by atoms with Crippen molar-refractivity contribution in [2.75, 3.05) is 11.5 Å². The van der Waals surface area contributed by atoms with E-state index in [1.165, 1.54) is 25.1 Å². The predicted octanol–water partition coefficient (Wildman–Crippen LogP) is 4.46. The van der Waals surface area contributed by atoms with E-state index >= 15 is 0 Å². The molecular weight excluding hydrogens is 544 g/mol. The molecular formula is C21H34Br2N6O3. The monoisotopic (exact) mass is 576 g/mol. The van der Waals surface area contributed by atoms with E-state index in [9.17, 15) is 9.59 Å². The minimum atomic E-state index is -1.07. The van der Waals surface area contributed by atoms with Crippen LogP contribution in [0.3, 0.4) is 0 Å². The average molecular weight is 578 g/mol. The van der Waals surface area contributed by atoms with Crippen LogP contribution in [-0.4, -0.2) is 39.0 Å². The van der Waals surface area contributed by atoms with Gasteiger partial charge >= 0.3 is 5.97 Å². The number of carbonyl (C=O) groups is 2. The zero-order valence-electron chi connectivity index (χ0n) is 15.4. The number of pyridine rings is 2. The molecule has 11 heteroatoms. The Labute approximate surface area is 206 Å². The predicted molar refractivity (Wildman–Crippen MR) is 138 cm³/mol. The Kier molecular flexibility index (Phi) is 14.7. The highest BCUT2D eigenvalue weighted by Gasteiger charge is 2.24. The number of nitrogens with two attached hydrogens (primary N) is 3. The Bertz CT molecular complexity index is 890. The van der Waals surface area contributed by atoms with E-state index in [-0.39, 0.29) is 45.4 Å². The summed E-state index contributed by atoms with van der Waals surface area (Å²) in [6, 6.07) is 4.01. The SMILES string of the molecule is C.C.C.NC1CC1.Nc1ncc(Br)cc1C(=O)NC1CC1.Nc1ncc(Br)cc1C(=O)O. The highest BCUT2D eigenvalue weighted by Crippen LogP contribution is 2.21. The summed E-state index contributed by atoms with van der Waals surface area (Å²) in [4.78, 5) is 29.6. The van der Waals surface area contributed by atoms with Gasteiger partial charge in [-0.25, -0.2) is 14.8 Å². The van der Waals surface area contributed by atoms with Crippen molar-refractivity contribution in [3.05, 3.63) is 44.6 Å². The summed E-state index contributed by atoms with van der Waals surface area (Å²) in [5, 5.41) is 11.4. The highest BCUT2D eigenvalue weighted by atomic mass is 79.9. The fraction of sp³-hybridized carbons (Fsp3) is 0.429. The number of halogens is 2. The van der Waals surface area contributed by atoms with E-state index in [0.717, 1.165) is 17.3 Å². The van der Waals surface area contributed by atoms with E-state index in [1.54, 1.807) is 12.3 Å². The van der Waals surface area contributed by atoms with Crippen LogP contribution in [0.4, 0.5) is 11.6 Å². The molecule has 2 aliphatic carbocycles. The van der Waals surface area contributed by atoms with Gasteiger partial charge in [0.05, 0.1) is 5.56 Å². The zero-order valence-corrected chi connectivity index (χ0v) is 18.6. The molecule has 2 aromatic heterocycles. The number of amides is 1. The van der Waals surface area contributed by atoms with Crippen LogP contribution in [0, 0.1) is 0 Å². The number of hydrogen-bond acceptors (Lipinski definition) is 7. The number of hydrogen-bond donors (Lipinski definition) is 5. The average Bonchev–Trinajstić information content (AvgIpc) is 3.59. The summed E-state index contributed by atoms with van der Waals surface area (Å²) in [6.45, 7) is 0. The van der Waals surface area contributed by atoms with E-state index in [0.29, 0.717) is 22.1 Å². The smallest absolute Gasteiger partial charge is 0.339 e. The number of carboxylic acids is 1. The van der Waals surface area contributed by atoms with Crippen LogP contribution in [0.2, 0.25) is 0 Å². The van der Waals surface area contributed by atoms with Crippen molar-refractivity contribution in [3.8, 4) is 0 Å². The van der Waals surface area contributed by atoms with Gasteiger partial charge in [-0.15, -0.1) is 0 Å². The molecule has 8 N–H and O–H groups in total. The molecule has 2 aromatic rings. The molecule has 2 heterocycles. The maximum absolute atomic E-state index is 11.6. The number of nitrogens with zero attached hydrogens (tertiary/aromatic N) is 2. The number of aromatic nitrogens is 2. The minimum absolute atomic E-state index is 0. The quantitative estimate of drug-likeness (QED) is 0.356. The van der Waals surface area contributed by atoms with Crippen LogP contribution >= 0.6 is 31.9 Å². The van der Waals surface area contributed by atoms with Crippen LogP contribution in [0.25, 0.3) is 0 Å². The third-order valence-electron chi connectivity index (χ3n) is 3.78. The molecule has 0 radical (unpaired) electrons. The second-order valence-electron chi connectivity index (χ2n) is 6.56. The Morgan fingerprint density at radius 2 is 1.31 bits per heavy atom. The third-order valence-corrected chi connectivity index (χ3v) is 4.65. The van der Waals surface area contributed by atoms with Crippen LogP contribution in [-0.2, 0) is 0 Å². The highest BCUT2D eigenvalue weighted by molar-refractivity contribution is 9.10. The van der Waals surface area contributed by atoms with E-state index < -0.39 is 5.97 Å². The number of aromatic carboxylic acids is 1. The van der Waals surface area contributed by atoms with Gasteiger partial charge in [-0.1, -0.05) is 22.3 Å². The Morgan fingerprint density at radius 1 is 0.906 bits per heavy atom. The fourth-order valence-electron chi connectivity index (χ4n) is 1.84. The molecule has 0 saturated heterocycles. The fourth-order valence-corrected chi connectivity index (χ4v) is 2.50. The summed E-state index contributed by atoms with van der Waals surface area (Å²) in [5.74, 6) is -0.915. The van der Waals surface area contributed by atoms with Crippen molar-refractivity contribution in [1.29, 1.82) is 0 Å². The number of carboxylic acid groups (broad SMARTS) is 1. The van der Waals surface area contributed by atoms with Crippen molar-refractivity contribution in [2.24, 2.45) is 5.73 Å². The van der Waals surface area contributed by atoms with Crippen molar-refractivity contribution < 1.29 is 14.7 Å². The number of anilines is 2. The molecule has 1 amide bonds. The van der Waals surface area contributed by atoms with Crippen molar-refractivity contribution >= 4 is 55.4 Å². The standard InChI is InChI=1S/C9H10BrN3O.C6H5BrN2O2.C3H7N.3CH4/c10-5-3-7(8(11)12-4-5)9(14)13-6-1-2-6;7-3-1-4(6(10)11)5(8)9-2-3;4-3-1-2-3;;;/h3-4,6H,1-2H2,(H2,11,12)(H,13,14);1-2H,(H2,8,9)(H,10,11);3H,1-2,4H2;3*1H4. The largest absolute Gasteiger partial charge is 0.478 e. The first kappa shape index (κ1) is 31.9. The van der Waals surface area contributed by atoms with E-state index in [2.05, 4.69) is 47.1 Å². The molecule has 0 bridgehead atoms. The molecule has 0 atom stereocenters. The van der Waals surface area contributed by atoms with Gasteiger partial charge in [0.1, 0.15) is 17.2 Å². The molecule has 0 unspecified atom stereocenters. The number of carbonyl (C=O) groups excluding carboxylic acids is 1. The van der Waals surface area contributed by atoms with Crippen LogP contribution < -0.4 is 22.5 Å². The lowest BCUT2D eigenvalue weighted by molar-refractivity contribution is 0.0697. The lowest BCUT2D eigenvalue weighted by atomic mass is 10.2. The van der Waals surface area contributed by atoms with Crippen molar-refractivity contribution in [2.45, 2.75) is 60.0 Å².